The van der Waals surface area contributed by atoms with E-state index >= 15 is 0 Å². The summed E-state index contributed by atoms with van der Waals surface area (Å²) in [5, 5.41) is 2.90. The molecule has 1 heterocycles. The highest BCUT2D eigenvalue weighted by atomic mass is 16.2. The van der Waals surface area contributed by atoms with Gasteiger partial charge in [0.25, 0.3) is 5.91 Å². The predicted molar refractivity (Wildman–Crippen MR) is 55.3 cm³/mol. The zero-order valence-electron chi connectivity index (χ0n) is 7.90. The van der Waals surface area contributed by atoms with Crippen molar-refractivity contribution in [3.05, 3.63) is 30.3 Å². The fourth-order valence-electron chi connectivity index (χ4n) is 1.44. The molecule has 1 amide bonds. The maximum atomic E-state index is 11.1. The van der Waals surface area contributed by atoms with Gasteiger partial charge < -0.3 is 10.2 Å². The number of para-hydroxylation sites is 1. The number of hydrogen-bond donors (Lipinski definition) is 1. The van der Waals surface area contributed by atoms with E-state index in [1.165, 1.54) is 0 Å². The Balaban J connectivity index is 2.29. The minimum absolute atomic E-state index is 0.113. The van der Waals surface area contributed by atoms with E-state index in [2.05, 4.69) is 10.3 Å². The number of anilines is 1. The van der Waals surface area contributed by atoms with E-state index in [9.17, 15) is 4.79 Å². The van der Waals surface area contributed by atoms with Gasteiger partial charge in [-0.3, -0.25) is 4.79 Å². The van der Waals surface area contributed by atoms with Gasteiger partial charge in [-0.05, 0) is 12.1 Å². The van der Waals surface area contributed by atoms with Crippen LogP contribution in [0.2, 0.25) is 0 Å². The van der Waals surface area contributed by atoms with Gasteiger partial charge in [-0.1, -0.05) is 18.2 Å². The van der Waals surface area contributed by atoms with Crippen molar-refractivity contribution in [2.24, 2.45) is 4.99 Å². The van der Waals surface area contributed by atoms with Gasteiger partial charge in [0.05, 0.1) is 0 Å². The normalized spacial score (nSPS) is 15.6. The van der Waals surface area contributed by atoms with Crippen LogP contribution in [0, 0.1) is 0 Å². The summed E-state index contributed by atoms with van der Waals surface area (Å²) in [6.07, 6.45) is 0. The van der Waals surface area contributed by atoms with Gasteiger partial charge >= 0.3 is 0 Å². The molecule has 0 spiro atoms. The van der Waals surface area contributed by atoms with Crippen LogP contribution >= 0.6 is 0 Å². The lowest BCUT2D eigenvalue weighted by atomic mass is 10.3. The molecular weight excluding hydrogens is 178 g/mol. The molecule has 0 unspecified atom stereocenters. The fraction of sp³-hybridized carbons (Fsp3) is 0.200. The number of nitrogens with zero attached hydrogens (tertiary/aromatic N) is 2. The minimum atomic E-state index is -0.113. The highest BCUT2D eigenvalue weighted by Gasteiger charge is 2.22. The zero-order valence-corrected chi connectivity index (χ0v) is 7.90. The molecule has 72 valence electrons. The summed E-state index contributed by atoms with van der Waals surface area (Å²) in [6, 6.07) is 9.71. The molecule has 0 fully saturated rings. The van der Waals surface area contributed by atoms with Crippen LogP contribution in [0.5, 0.6) is 0 Å². The number of carbonyl (C=O) groups is 1. The summed E-state index contributed by atoms with van der Waals surface area (Å²) < 4.78 is 0. The molecule has 14 heavy (non-hydrogen) atoms. The Labute approximate surface area is 82.3 Å². The first-order chi connectivity index (χ1) is 6.81. The standard InChI is InChI=1S/C10H11N3O/c1-11-10-12-9(14)7-13(10)8-5-3-2-4-6-8/h2-6H,7H2,1H3,(H,11,12,14). The second kappa shape index (κ2) is 3.49. The molecule has 0 radical (unpaired) electrons. The molecular formula is C10H11N3O. The monoisotopic (exact) mass is 189 g/mol. The molecule has 4 heteroatoms. The number of hydrogen-bond acceptors (Lipinski definition) is 3. The number of aliphatic imine (C=N–C) groups is 1. The Morgan fingerprint density at radius 2 is 2.07 bits per heavy atom. The summed E-state index contributed by atoms with van der Waals surface area (Å²) in [6.45, 7) is 0.320. The first-order valence-corrected chi connectivity index (χ1v) is 4.43. The van der Waals surface area contributed by atoms with E-state index in [1.54, 1.807) is 7.05 Å². The van der Waals surface area contributed by atoms with Crippen LogP contribution < -0.4 is 10.2 Å². The summed E-state index contributed by atoms with van der Waals surface area (Å²) >= 11 is 0. The van der Waals surface area contributed by atoms with Crippen molar-refractivity contribution in [1.82, 2.24) is 5.32 Å². The van der Waals surface area contributed by atoms with Crippen molar-refractivity contribution < 1.29 is 4.79 Å². The van der Waals surface area contributed by atoms with E-state index < -0.39 is 0 Å². The Morgan fingerprint density at radius 1 is 1.36 bits per heavy atom. The van der Waals surface area contributed by atoms with Crippen molar-refractivity contribution in [2.45, 2.75) is 0 Å². The molecule has 0 saturated carbocycles. The molecule has 1 aliphatic heterocycles. The molecule has 0 saturated heterocycles. The quantitative estimate of drug-likeness (QED) is 0.704. The minimum Gasteiger partial charge on any atom is -0.359 e. The molecule has 2 rings (SSSR count). The van der Waals surface area contributed by atoms with Crippen LogP contribution in [0.15, 0.2) is 35.3 Å². The molecule has 1 N–H and O–H groups in total. The third-order valence-corrected chi connectivity index (χ3v) is 2.07. The van der Waals surface area contributed by atoms with Gasteiger partial charge in [-0.2, -0.15) is 4.99 Å². The summed E-state index contributed by atoms with van der Waals surface area (Å²) in [7, 11) is 1.76. The number of guanidine groups is 1. The van der Waals surface area contributed by atoms with E-state index in [0.717, 1.165) is 5.69 Å². The van der Waals surface area contributed by atoms with Crippen molar-refractivity contribution in [3.63, 3.8) is 0 Å². The van der Waals surface area contributed by atoms with E-state index in [4.69, 9.17) is 0 Å². The van der Waals surface area contributed by atoms with E-state index in [-0.39, 0.29) is 5.91 Å². The molecule has 0 atom stereocenters. The van der Waals surface area contributed by atoms with Crippen LogP contribution in [0.25, 0.3) is 0 Å². The topological polar surface area (TPSA) is 44.7 Å². The number of amides is 1. The largest absolute Gasteiger partial charge is 0.359 e. The molecule has 0 bridgehead atoms. The molecule has 1 aromatic rings. The second-order valence-electron chi connectivity index (χ2n) is 3.00. The van der Waals surface area contributed by atoms with E-state index in [1.807, 2.05) is 35.2 Å². The van der Waals surface area contributed by atoms with Crippen molar-refractivity contribution in [1.29, 1.82) is 0 Å². The first kappa shape index (κ1) is 8.74. The van der Waals surface area contributed by atoms with Crippen LogP contribution in [-0.4, -0.2) is 25.5 Å². The van der Waals surface area contributed by atoms with Crippen LogP contribution in [-0.2, 0) is 4.79 Å². The number of rotatable bonds is 1. The molecule has 1 aromatic carbocycles. The van der Waals surface area contributed by atoms with Gasteiger partial charge in [0, 0.05) is 12.7 Å². The Bertz CT molecular complexity index is 372. The molecule has 0 aromatic heterocycles. The maximum absolute atomic E-state index is 11.1. The van der Waals surface area contributed by atoms with Gasteiger partial charge in [-0.25, -0.2) is 0 Å². The lowest BCUT2D eigenvalue weighted by Crippen LogP contribution is -2.36. The summed E-state index contributed by atoms with van der Waals surface area (Å²) in [4.78, 5) is 16.8. The first-order valence-electron chi connectivity index (χ1n) is 4.43. The second-order valence-corrected chi connectivity index (χ2v) is 3.00. The summed E-state index contributed by atoms with van der Waals surface area (Å²) in [5.74, 6) is 0.499. The van der Waals surface area contributed by atoms with Crippen LogP contribution in [0.4, 0.5) is 5.69 Å². The van der Waals surface area contributed by atoms with E-state index in [0.29, 0.717) is 12.5 Å². The highest BCUT2D eigenvalue weighted by molar-refractivity contribution is 6.11. The summed E-state index contributed by atoms with van der Waals surface area (Å²) in [5.41, 5.74) is 0.978. The number of nitrogens with one attached hydrogen (secondary N) is 1. The lowest BCUT2D eigenvalue weighted by molar-refractivity contribution is -0.115. The Kier molecular flexibility index (Phi) is 2.18. The van der Waals surface area contributed by atoms with Crippen molar-refractivity contribution in [2.75, 3.05) is 18.5 Å². The average Bonchev–Trinajstić information content (AvgIpc) is 2.61. The Morgan fingerprint density at radius 3 is 2.71 bits per heavy atom. The third-order valence-electron chi connectivity index (χ3n) is 2.07. The van der Waals surface area contributed by atoms with Gasteiger partial charge in [0.2, 0.25) is 5.96 Å². The maximum Gasteiger partial charge on any atom is 0.268 e. The lowest BCUT2D eigenvalue weighted by Gasteiger charge is -2.18. The van der Waals surface area contributed by atoms with Crippen LogP contribution in [0.1, 0.15) is 0 Å². The smallest absolute Gasteiger partial charge is 0.268 e. The Hall–Kier alpha value is -1.84. The highest BCUT2D eigenvalue weighted by Crippen LogP contribution is 2.16. The number of benzene rings is 1. The number of carbonyl (C=O) groups excluding carboxylic acids is 1. The molecule has 0 aliphatic carbocycles. The average molecular weight is 189 g/mol. The van der Waals surface area contributed by atoms with Gasteiger partial charge in [-0.15, -0.1) is 0 Å². The molecule has 1 aliphatic rings. The predicted octanol–water partition coefficient (Wildman–Crippen LogP) is 0.609. The van der Waals surface area contributed by atoms with Crippen molar-refractivity contribution >= 4 is 17.6 Å². The van der Waals surface area contributed by atoms with Crippen LogP contribution in [0.3, 0.4) is 0 Å². The third kappa shape index (κ3) is 1.46. The van der Waals surface area contributed by atoms with Gasteiger partial charge in [0.15, 0.2) is 0 Å². The van der Waals surface area contributed by atoms with Crippen molar-refractivity contribution in [3.8, 4) is 0 Å². The molecule has 4 nitrogen and oxygen atoms in total. The van der Waals surface area contributed by atoms with Gasteiger partial charge in [0.1, 0.15) is 6.54 Å². The fourth-order valence-corrected chi connectivity index (χ4v) is 1.44. The zero-order chi connectivity index (χ0) is 9.97. The SMILES string of the molecule is CNC1=NC(=O)CN1c1ccccc1.